The second-order valence-electron chi connectivity index (χ2n) is 4.87. The summed E-state index contributed by atoms with van der Waals surface area (Å²) in [4.78, 5) is 0.177. The molecule has 0 amide bonds. The Labute approximate surface area is 128 Å². The van der Waals surface area contributed by atoms with Gasteiger partial charge in [-0.1, -0.05) is 15.9 Å². The molecule has 0 radical (unpaired) electrons. The molecule has 7 heteroatoms. The van der Waals surface area contributed by atoms with Gasteiger partial charge in [0, 0.05) is 17.6 Å². The standard InChI is InChI=1S/C13H18BrNO4S/c1-9-7-15(8-10(2)19-9)20(16,17)13-6-11(14)4-5-12(13)18-3/h4-6,9-10H,7-8H2,1-3H3/t9-,10+. The average Bonchev–Trinajstić information content (AvgIpc) is 2.37. The van der Waals surface area contributed by atoms with E-state index in [2.05, 4.69) is 15.9 Å². The summed E-state index contributed by atoms with van der Waals surface area (Å²) in [7, 11) is -2.13. The smallest absolute Gasteiger partial charge is 0.246 e. The minimum Gasteiger partial charge on any atom is -0.495 e. The van der Waals surface area contributed by atoms with Gasteiger partial charge in [-0.3, -0.25) is 0 Å². The number of morpholine rings is 1. The van der Waals surface area contributed by atoms with Crippen LogP contribution < -0.4 is 4.74 Å². The molecule has 1 aromatic carbocycles. The number of methoxy groups -OCH3 is 1. The number of nitrogens with zero attached hydrogens (tertiary/aromatic N) is 1. The van der Waals surface area contributed by atoms with E-state index in [1.165, 1.54) is 11.4 Å². The minimum atomic E-state index is -3.59. The Bertz CT molecular complexity index is 580. The highest BCUT2D eigenvalue weighted by Crippen LogP contribution is 2.31. The van der Waals surface area contributed by atoms with E-state index in [1.54, 1.807) is 18.2 Å². The van der Waals surface area contributed by atoms with Crippen molar-refractivity contribution in [2.24, 2.45) is 0 Å². The Morgan fingerprint density at radius 3 is 2.45 bits per heavy atom. The number of hydrogen-bond acceptors (Lipinski definition) is 4. The molecule has 2 atom stereocenters. The molecule has 1 saturated heterocycles. The normalized spacial score (nSPS) is 24.6. The number of hydrogen-bond donors (Lipinski definition) is 0. The first-order valence-electron chi connectivity index (χ1n) is 6.33. The molecule has 0 aliphatic carbocycles. The molecule has 0 N–H and O–H groups in total. The summed E-state index contributed by atoms with van der Waals surface area (Å²) in [5, 5.41) is 0. The van der Waals surface area contributed by atoms with Crippen LogP contribution in [0, 0.1) is 0 Å². The first-order valence-corrected chi connectivity index (χ1v) is 8.57. The second-order valence-corrected chi connectivity index (χ2v) is 7.70. The fourth-order valence-corrected chi connectivity index (χ4v) is 4.60. The molecule has 1 heterocycles. The molecule has 5 nitrogen and oxygen atoms in total. The maximum atomic E-state index is 12.8. The van der Waals surface area contributed by atoms with E-state index in [-0.39, 0.29) is 17.1 Å². The SMILES string of the molecule is COc1ccc(Br)cc1S(=O)(=O)N1C[C@@H](C)O[C@@H](C)C1. The van der Waals surface area contributed by atoms with E-state index in [4.69, 9.17) is 9.47 Å². The van der Waals surface area contributed by atoms with E-state index in [1.807, 2.05) is 13.8 Å². The van der Waals surface area contributed by atoms with Crippen molar-refractivity contribution in [3.8, 4) is 5.75 Å². The summed E-state index contributed by atoms with van der Waals surface area (Å²) in [6.45, 7) is 4.44. The molecule has 2 rings (SSSR count). The van der Waals surface area contributed by atoms with Gasteiger partial charge in [0.05, 0.1) is 19.3 Å². The first kappa shape index (κ1) is 15.8. The molecular formula is C13H18BrNO4S. The maximum Gasteiger partial charge on any atom is 0.246 e. The monoisotopic (exact) mass is 363 g/mol. The summed E-state index contributed by atoms with van der Waals surface area (Å²) < 4.78 is 38.5. The Balaban J connectivity index is 2.42. The zero-order valence-corrected chi connectivity index (χ0v) is 14.1. The number of benzene rings is 1. The van der Waals surface area contributed by atoms with Gasteiger partial charge in [-0.05, 0) is 32.0 Å². The lowest BCUT2D eigenvalue weighted by molar-refractivity contribution is -0.0441. The van der Waals surface area contributed by atoms with Gasteiger partial charge in [-0.2, -0.15) is 4.31 Å². The second kappa shape index (κ2) is 6.01. The van der Waals surface area contributed by atoms with E-state index < -0.39 is 10.0 Å². The number of sulfonamides is 1. The van der Waals surface area contributed by atoms with Crippen LogP contribution in [0.4, 0.5) is 0 Å². The zero-order chi connectivity index (χ0) is 14.9. The lowest BCUT2D eigenvalue weighted by Crippen LogP contribution is -2.48. The van der Waals surface area contributed by atoms with Gasteiger partial charge in [0.1, 0.15) is 10.6 Å². The summed E-state index contributed by atoms with van der Waals surface area (Å²) >= 11 is 3.30. The molecular weight excluding hydrogens is 346 g/mol. The lowest BCUT2D eigenvalue weighted by Gasteiger charge is -2.34. The van der Waals surface area contributed by atoms with Crippen LogP contribution >= 0.6 is 15.9 Å². The molecule has 20 heavy (non-hydrogen) atoms. The van der Waals surface area contributed by atoms with Crippen LogP contribution in [0.15, 0.2) is 27.6 Å². The fraction of sp³-hybridized carbons (Fsp3) is 0.538. The fourth-order valence-electron chi connectivity index (χ4n) is 2.32. The summed E-state index contributed by atoms with van der Waals surface area (Å²) in [5.41, 5.74) is 0. The van der Waals surface area contributed by atoms with Gasteiger partial charge < -0.3 is 9.47 Å². The van der Waals surface area contributed by atoms with Crippen LogP contribution in [0.2, 0.25) is 0 Å². The third-order valence-electron chi connectivity index (χ3n) is 3.13. The van der Waals surface area contributed by atoms with Crippen molar-refractivity contribution in [1.82, 2.24) is 4.31 Å². The van der Waals surface area contributed by atoms with Crippen molar-refractivity contribution in [1.29, 1.82) is 0 Å². The largest absolute Gasteiger partial charge is 0.495 e. The number of ether oxygens (including phenoxy) is 2. The van der Waals surface area contributed by atoms with Crippen LogP contribution in [-0.2, 0) is 14.8 Å². The van der Waals surface area contributed by atoms with Crippen molar-refractivity contribution < 1.29 is 17.9 Å². The van der Waals surface area contributed by atoms with Crippen LogP contribution in [0.25, 0.3) is 0 Å². The average molecular weight is 364 g/mol. The van der Waals surface area contributed by atoms with Crippen LogP contribution in [0.1, 0.15) is 13.8 Å². The third-order valence-corrected chi connectivity index (χ3v) is 5.48. The van der Waals surface area contributed by atoms with Crippen molar-refractivity contribution in [2.45, 2.75) is 31.0 Å². The Morgan fingerprint density at radius 2 is 1.90 bits per heavy atom. The molecule has 0 aromatic heterocycles. The third kappa shape index (κ3) is 3.16. The molecule has 112 valence electrons. The summed E-state index contributed by atoms with van der Waals surface area (Å²) in [5.74, 6) is 0.347. The highest BCUT2D eigenvalue weighted by Gasteiger charge is 2.34. The molecule has 1 aliphatic rings. The lowest BCUT2D eigenvalue weighted by atomic mass is 10.3. The Kier molecular flexibility index (Phi) is 4.73. The Morgan fingerprint density at radius 1 is 1.30 bits per heavy atom. The molecule has 1 aromatic rings. The van der Waals surface area contributed by atoms with Gasteiger partial charge >= 0.3 is 0 Å². The summed E-state index contributed by atoms with van der Waals surface area (Å²) in [6, 6.07) is 4.96. The summed E-state index contributed by atoms with van der Waals surface area (Å²) in [6.07, 6.45) is -0.238. The predicted octanol–water partition coefficient (Wildman–Crippen LogP) is 2.26. The maximum absolute atomic E-state index is 12.8. The van der Waals surface area contributed by atoms with E-state index in [9.17, 15) is 8.42 Å². The van der Waals surface area contributed by atoms with E-state index in [0.29, 0.717) is 23.3 Å². The molecule has 1 aliphatic heterocycles. The van der Waals surface area contributed by atoms with Gasteiger partial charge in [0.25, 0.3) is 0 Å². The molecule has 0 saturated carbocycles. The van der Waals surface area contributed by atoms with Crippen molar-refractivity contribution in [2.75, 3.05) is 20.2 Å². The van der Waals surface area contributed by atoms with Crippen LogP contribution in [-0.4, -0.2) is 45.1 Å². The molecule has 0 unspecified atom stereocenters. The number of halogens is 1. The van der Waals surface area contributed by atoms with Gasteiger partial charge in [-0.25, -0.2) is 8.42 Å². The zero-order valence-electron chi connectivity index (χ0n) is 11.7. The minimum absolute atomic E-state index is 0.119. The molecule has 0 spiro atoms. The molecule has 1 fully saturated rings. The van der Waals surface area contributed by atoms with Gasteiger partial charge in [-0.15, -0.1) is 0 Å². The molecule has 0 bridgehead atoms. The topological polar surface area (TPSA) is 55.8 Å². The van der Waals surface area contributed by atoms with E-state index in [0.717, 1.165) is 0 Å². The highest BCUT2D eigenvalue weighted by atomic mass is 79.9. The van der Waals surface area contributed by atoms with Crippen molar-refractivity contribution in [3.63, 3.8) is 0 Å². The van der Waals surface area contributed by atoms with Crippen molar-refractivity contribution in [3.05, 3.63) is 22.7 Å². The van der Waals surface area contributed by atoms with E-state index >= 15 is 0 Å². The van der Waals surface area contributed by atoms with Crippen molar-refractivity contribution >= 4 is 26.0 Å². The number of rotatable bonds is 3. The highest BCUT2D eigenvalue weighted by molar-refractivity contribution is 9.10. The van der Waals surface area contributed by atoms with Gasteiger partial charge in [0.15, 0.2) is 0 Å². The quantitative estimate of drug-likeness (QED) is 0.826. The Hall–Kier alpha value is -0.630. The predicted molar refractivity (Wildman–Crippen MR) is 79.5 cm³/mol. The van der Waals surface area contributed by atoms with Crippen LogP contribution in [0.5, 0.6) is 5.75 Å². The van der Waals surface area contributed by atoms with Crippen LogP contribution in [0.3, 0.4) is 0 Å². The first-order chi connectivity index (χ1) is 9.34. The van der Waals surface area contributed by atoms with Gasteiger partial charge in [0.2, 0.25) is 10.0 Å².